The molecule has 0 unspecified atom stereocenters. The summed E-state index contributed by atoms with van der Waals surface area (Å²) in [6.07, 6.45) is 1.97. The van der Waals surface area contributed by atoms with Crippen molar-refractivity contribution in [3.05, 3.63) is 71.7 Å². The molecule has 3 nitrogen and oxygen atoms in total. The Morgan fingerprint density at radius 3 is 1.93 bits per heavy atom. The van der Waals surface area contributed by atoms with Gasteiger partial charge < -0.3 is 9.16 Å². The van der Waals surface area contributed by atoms with Gasteiger partial charge in [0.25, 0.3) is 8.32 Å². The first-order chi connectivity index (χ1) is 14.2. The highest BCUT2D eigenvalue weighted by molar-refractivity contribution is 9.11. The van der Waals surface area contributed by atoms with Gasteiger partial charge in [0.05, 0.1) is 0 Å². The lowest BCUT2D eigenvalue weighted by Gasteiger charge is -2.43. The van der Waals surface area contributed by atoms with Crippen LogP contribution in [0.4, 0.5) is 0 Å². The van der Waals surface area contributed by atoms with Crippen LogP contribution in [0.2, 0.25) is 5.04 Å². The van der Waals surface area contributed by atoms with Crippen LogP contribution in [0.3, 0.4) is 0 Å². The van der Waals surface area contributed by atoms with E-state index in [0.29, 0.717) is 13.0 Å². The second-order valence-corrected chi connectivity index (χ2v) is 14.0. The van der Waals surface area contributed by atoms with Crippen molar-refractivity contribution in [3.8, 4) is 0 Å². The summed E-state index contributed by atoms with van der Waals surface area (Å²) in [4.78, 5) is 11.4. The first-order valence-corrected chi connectivity index (χ1v) is 13.1. The molecule has 2 aromatic carbocycles. The summed E-state index contributed by atoms with van der Waals surface area (Å²) in [5.74, 6) is -0.262. The topological polar surface area (TPSA) is 35.5 Å². The maximum absolute atomic E-state index is 11.4. The fourth-order valence-corrected chi connectivity index (χ4v) is 8.95. The van der Waals surface area contributed by atoms with Gasteiger partial charge in [-0.25, -0.2) is 0 Å². The third-order valence-electron chi connectivity index (χ3n) is 5.19. The van der Waals surface area contributed by atoms with Gasteiger partial charge in [-0.1, -0.05) is 104 Å². The molecule has 0 bridgehead atoms. The third-order valence-corrected chi connectivity index (χ3v) is 10.6. The van der Waals surface area contributed by atoms with E-state index in [0.717, 1.165) is 17.3 Å². The molecule has 0 radical (unpaired) electrons. The van der Waals surface area contributed by atoms with Crippen molar-refractivity contribution in [2.24, 2.45) is 0 Å². The van der Waals surface area contributed by atoms with Gasteiger partial charge in [-0.3, -0.25) is 4.79 Å². The van der Waals surface area contributed by atoms with E-state index in [2.05, 4.69) is 91.8 Å². The Balaban J connectivity index is 2.26. The molecule has 0 aliphatic rings. The zero-order chi connectivity index (χ0) is 22.2. The van der Waals surface area contributed by atoms with Crippen LogP contribution in [0, 0.1) is 0 Å². The molecule has 0 aliphatic carbocycles. The molecule has 0 saturated heterocycles. The molecule has 0 heterocycles. The SMILES string of the molecule is C=C(Br)C[C@H](CCCO[Si](c1ccccc1)(c1ccccc1)C(C)(C)C)OC(C)=O. The van der Waals surface area contributed by atoms with Gasteiger partial charge in [-0.2, -0.15) is 0 Å². The van der Waals surface area contributed by atoms with E-state index >= 15 is 0 Å². The molecular formula is C25H33BrO3Si. The first-order valence-electron chi connectivity index (χ1n) is 10.4. The molecule has 30 heavy (non-hydrogen) atoms. The molecular weight excluding hydrogens is 456 g/mol. The molecule has 0 saturated carbocycles. The van der Waals surface area contributed by atoms with Crippen LogP contribution in [0.15, 0.2) is 71.7 Å². The highest BCUT2D eigenvalue weighted by Crippen LogP contribution is 2.36. The molecule has 0 amide bonds. The van der Waals surface area contributed by atoms with Crippen molar-refractivity contribution < 1.29 is 14.0 Å². The summed E-state index contributed by atoms with van der Waals surface area (Å²) >= 11 is 3.38. The second kappa shape index (κ2) is 11.1. The highest BCUT2D eigenvalue weighted by Gasteiger charge is 2.49. The molecule has 1 atom stereocenters. The number of halogens is 1. The third kappa shape index (κ3) is 6.40. The zero-order valence-corrected chi connectivity index (χ0v) is 21.1. The van der Waals surface area contributed by atoms with E-state index in [1.165, 1.54) is 17.3 Å². The molecule has 0 fully saturated rings. The summed E-state index contributed by atoms with van der Waals surface area (Å²) in [6, 6.07) is 21.2. The van der Waals surface area contributed by atoms with Gasteiger partial charge in [0.1, 0.15) is 6.10 Å². The second-order valence-electron chi connectivity index (χ2n) is 8.61. The van der Waals surface area contributed by atoms with Crippen LogP contribution in [-0.2, 0) is 14.0 Å². The number of carbonyl (C=O) groups is 1. The summed E-state index contributed by atoms with van der Waals surface area (Å²) in [7, 11) is -2.52. The Kier molecular flexibility index (Phi) is 9.07. The Morgan fingerprint density at radius 2 is 1.53 bits per heavy atom. The quantitative estimate of drug-likeness (QED) is 0.249. The van der Waals surface area contributed by atoms with Gasteiger partial charge >= 0.3 is 5.97 Å². The number of rotatable bonds is 10. The van der Waals surface area contributed by atoms with Gasteiger partial charge in [-0.15, -0.1) is 0 Å². The average Bonchev–Trinajstić information content (AvgIpc) is 2.67. The molecule has 0 N–H and O–H groups in total. The van der Waals surface area contributed by atoms with E-state index in [1.807, 2.05) is 12.1 Å². The maximum atomic E-state index is 11.4. The van der Waals surface area contributed by atoms with Crippen molar-refractivity contribution in [2.45, 2.75) is 58.1 Å². The number of hydrogen-bond donors (Lipinski definition) is 0. The maximum Gasteiger partial charge on any atom is 0.302 e. The number of benzene rings is 2. The predicted octanol–water partition coefficient (Wildman–Crippen LogP) is 5.57. The first kappa shape index (κ1) is 24.6. The monoisotopic (exact) mass is 488 g/mol. The summed E-state index contributed by atoms with van der Waals surface area (Å²) in [5, 5.41) is 2.50. The van der Waals surface area contributed by atoms with E-state index in [-0.39, 0.29) is 17.1 Å². The lowest BCUT2D eigenvalue weighted by Crippen LogP contribution is -2.66. The number of carbonyl (C=O) groups excluding carboxylic acids is 1. The normalized spacial score (nSPS) is 13.0. The predicted molar refractivity (Wildman–Crippen MR) is 131 cm³/mol. The molecule has 2 aromatic rings. The van der Waals surface area contributed by atoms with Crippen LogP contribution in [0.1, 0.15) is 47.0 Å². The van der Waals surface area contributed by atoms with Crippen LogP contribution >= 0.6 is 15.9 Å². The molecule has 162 valence electrons. The molecule has 0 aliphatic heterocycles. The molecule has 0 aromatic heterocycles. The number of esters is 1. The Bertz CT molecular complexity index is 760. The summed E-state index contributed by atoms with van der Waals surface area (Å²) in [5.41, 5.74) is 0. The van der Waals surface area contributed by atoms with Crippen molar-refractivity contribution >= 4 is 40.6 Å². The summed E-state index contributed by atoms with van der Waals surface area (Å²) < 4.78 is 13.2. The van der Waals surface area contributed by atoms with Crippen molar-refractivity contribution in [2.75, 3.05) is 6.61 Å². The number of ether oxygens (including phenoxy) is 1. The Morgan fingerprint density at radius 1 is 1.03 bits per heavy atom. The van der Waals surface area contributed by atoms with E-state index in [1.54, 1.807) is 0 Å². The average molecular weight is 490 g/mol. The largest absolute Gasteiger partial charge is 0.462 e. The van der Waals surface area contributed by atoms with Crippen molar-refractivity contribution in [1.29, 1.82) is 0 Å². The lowest BCUT2D eigenvalue weighted by atomic mass is 10.1. The van der Waals surface area contributed by atoms with Crippen LogP contribution < -0.4 is 10.4 Å². The van der Waals surface area contributed by atoms with Crippen LogP contribution in [0.25, 0.3) is 0 Å². The fraction of sp³-hybridized carbons (Fsp3) is 0.400. The van der Waals surface area contributed by atoms with Gasteiger partial charge in [0.2, 0.25) is 0 Å². The Labute approximate surface area is 190 Å². The van der Waals surface area contributed by atoms with E-state index < -0.39 is 8.32 Å². The minimum Gasteiger partial charge on any atom is -0.462 e. The van der Waals surface area contributed by atoms with Crippen LogP contribution in [0.5, 0.6) is 0 Å². The minimum atomic E-state index is -2.52. The smallest absolute Gasteiger partial charge is 0.302 e. The Hall–Kier alpha value is -1.69. The standard InChI is InChI=1S/C25H33BrO3Si/c1-20(26)19-22(29-21(2)27)13-12-18-28-30(25(3,4)5,23-14-8-6-9-15-23)24-16-10-7-11-17-24/h6-11,14-17,22H,1,12-13,18-19H2,2-5H3/t22-/m0/s1. The van der Waals surface area contributed by atoms with Crippen LogP contribution in [-0.4, -0.2) is 27.0 Å². The lowest BCUT2D eigenvalue weighted by molar-refractivity contribution is -0.146. The molecule has 2 rings (SSSR count). The molecule has 0 spiro atoms. The van der Waals surface area contributed by atoms with Gasteiger partial charge in [-0.05, 0) is 32.7 Å². The zero-order valence-electron chi connectivity index (χ0n) is 18.5. The fourth-order valence-electron chi connectivity index (χ4n) is 3.98. The summed E-state index contributed by atoms with van der Waals surface area (Å²) in [6.45, 7) is 12.8. The van der Waals surface area contributed by atoms with Gasteiger partial charge in [0, 0.05) is 20.0 Å². The van der Waals surface area contributed by atoms with E-state index in [4.69, 9.17) is 9.16 Å². The van der Waals surface area contributed by atoms with Crippen molar-refractivity contribution in [3.63, 3.8) is 0 Å². The highest BCUT2D eigenvalue weighted by atomic mass is 79.9. The van der Waals surface area contributed by atoms with E-state index in [9.17, 15) is 4.79 Å². The number of hydrogen-bond acceptors (Lipinski definition) is 3. The van der Waals surface area contributed by atoms with Crippen molar-refractivity contribution in [1.82, 2.24) is 0 Å². The van der Waals surface area contributed by atoms with Gasteiger partial charge in [0.15, 0.2) is 0 Å². The minimum absolute atomic E-state index is 0.0465. The molecule has 5 heteroatoms.